The summed E-state index contributed by atoms with van der Waals surface area (Å²) in [6, 6.07) is 3.08. The second-order valence-electron chi connectivity index (χ2n) is 3.05. The van der Waals surface area contributed by atoms with E-state index in [-0.39, 0.29) is 23.2 Å². The summed E-state index contributed by atoms with van der Waals surface area (Å²) in [7, 11) is 0. The first-order valence-corrected chi connectivity index (χ1v) is 4.98. The number of nitrogens with zero attached hydrogens (tertiary/aromatic N) is 3. The molecule has 0 saturated carbocycles. The van der Waals surface area contributed by atoms with Crippen LogP contribution >= 0.6 is 11.6 Å². The summed E-state index contributed by atoms with van der Waals surface area (Å²) in [5.41, 5.74) is -0.380. The third-order valence-corrected chi connectivity index (χ3v) is 2.20. The van der Waals surface area contributed by atoms with Crippen molar-refractivity contribution in [3.63, 3.8) is 0 Å². The predicted octanol–water partition coefficient (Wildman–Crippen LogP) is 2.52. The Bertz CT molecular complexity index is 572. The zero-order valence-electron chi connectivity index (χ0n) is 8.26. The second kappa shape index (κ2) is 4.46. The molecule has 6 nitrogen and oxygen atoms in total. The lowest BCUT2D eigenvalue weighted by Gasteiger charge is -1.97. The Kier molecular flexibility index (Phi) is 3.01. The summed E-state index contributed by atoms with van der Waals surface area (Å²) in [6.45, 7) is 0. The van der Waals surface area contributed by atoms with Crippen LogP contribution in [-0.2, 0) is 5.88 Å². The molecule has 0 atom stereocenters. The Morgan fingerprint density at radius 1 is 1.47 bits per heavy atom. The molecule has 0 aliphatic carbocycles. The molecule has 0 bridgehead atoms. The lowest BCUT2D eigenvalue weighted by atomic mass is 10.2. The van der Waals surface area contributed by atoms with E-state index in [9.17, 15) is 14.5 Å². The molecule has 0 fully saturated rings. The number of hydrogen-bond acceptors (Lipinski definition) is 5. The van der Waals surface area contributed by atoms with Crippen molar-refractivity contribution < 1.29 is 13.7 Å². The van der Waals surface area contributed by atoms with Crippen LogP contribution in [0.3, 0.4) is 0 Å². The number of hydrogen-bond donors (Lipinski definition) is 0. The normalized spacial score (nSPS) is 10.5. The summed E-state index contributed by atoms with van der Waals surface area (Å²) in [5, 5.41) is 17.9. The van der Waals surface area contributed by atoms with Gasteiger partial charge in [-0.15, -0.1) is 21.8 Å². The van der Waals surface area contributed by atoms with Gasteiger partial charge in [0.1, 0.15) is 17.3 Å². The van der Waals surface area contributed by atoms with Crippen LogP contribution in [0.25, 0.3) is 11.5 Å². The van der Waals surface area contributed by atoms with Gasteiger partial charge in [-0.25, -0.2) is 4.39 Å². The molecule has 0 unspecified atom stereocenters. The van der Waals surface area contributed by atoms with E-state index in [0.717, 1.165) is 12.1 Å². The Morgan fingerprint density at radius 3 is 2.82 bits per heavy atom. The Balaban J connectivity index is 2.54. The lowest BCUT2D eigenvalue weighted by Crippen LogP contribution is -1.93. The molecule has 88 valence electrons. The maximum atomic E-state index is 12.9. The molecule has 1 aromatic carbocycles. The molecule has 2 aromatic rings. The van der Waals surface area contributed by atoms with E-state index in [2.05, 4.69) is 10.2 Å². The van der Waals surface area contributed by atoms with Gasteiger partial charge in [-0.3, -0.25) is 10.1 Å². The minimum Gasteiger partial charge on any atom is -0.419 e. The van der Waals surface area contributed by atoms with E-state index >= 15 is 0 Å². The van der Waals surface area contributed by atoms with Crippen LogP contribution in [0.2, 0.25) is 0 Å². The van der Waals surface area contributed by atoms with Crippen molar-refractivity contribution in [1.29, 1.82) is 0 Å². The van der Waals surface area contributed by atoms with Crippen molar-refractivity contribution in [3.05, 3.63) is 40.0 Å². The SMILES string of the molecule is O=[N+]([O-])c1cc(F)ccc1-c1nnc(CCl)o1. The maximum absolute atomic E-state index is 12.9. The summed E-state index contributed by atoms with van der Waals surface area (Å²) >= 11 is 5.47. The molecule has 0 spiro atoms. The topological polar surface area (TPSA) is 82.1 Å². The third kappa shape index (κ3) is 2.23. The molecule has 0 aliphatic heterocycles. The summed E-state index contributed by atoms with van der Waals surface area (Å²) < 4.78 is 18.0. The summed E-state index contributed by atoms with van der Waals surface area (Å²) in [6.07, 6.45) is 0. The highest BCUT2D eigenvalue weighted by Crippen LogP contribution is 2.29. The van der Waals surface area contributed by atoms with E-state index < -0.39 is 16.4 Å². The average molecular weight is 258 g/mol. The van der Waals surface area contributed by atoms with Gasteiger partial charge >= 0.3 is 0 Å². The van der Waals surface area contributed by atoms with Crippen LogP contribution in [0.15, 0.2) is 22.6 Å². The average Bonchev–Trinajstić information content (AvgIpc) is 2.77. The van der Waals surface area contributed by atoms with Gasteiger partial charge in [-0.05, 0) is 12.1 Å². The van der Waals surface area contributed by atoms with Crippen molar-refractivity contribution in [2.75, 3.05) is 0 Å². The largest absolute Gasteiger partial charge is 0.419 e. The fraction of sp³-hybridized carbons (Fsp3) is 0.111. The molecule has 0 aliphatic rings. The van der Waals surface area contributed by atoms with Crippen LogP contribution in [-0.4, -0.2) is 15.1 Å². The Labute approximate surface area is 99.2 Å². The van der Waals surface area contributed by atoms with Crippen LogP contribution in [0.1, 0.15) is 5.89 Å². The summed E-state index contributed by atoms with van der Waals surface area (Å²) in [4.78, 5) is 10.0. The highest BCUT2D eigenvalue weighted by Gasteiger charge is 2.20. The molecule has 0 radical (unpaired) electrons. The maximum Gasteiger partial charge on any atom is 0.285 e. The second-order valence-corrected chi connectivity index (χ2v) is 3.32. The van der Waals surface area contributed by atoms with E-state index in [0.29, 0.717) is 0 Å². The van der Waals surface area contributed by atoms with Crippen molar-refractivity contribution in [2.45, 2.75) is 5.88 Å². The van der Waals surface area contributed by atoms with Gasteiger partial charge in [0.2, 0.25) is 5.89 Å². The Hall–Kier alpha value is -2.02. The molecule has 17 heavy (non-hydrogen) atoms. The van der Waals surface area contributed by atoms with Crippen molar-refractivity contribution in [2.24, 2.45) is 0 Å². The van der Waals surface area contributed by atoms with E-state index in [4.69, 9.17) is 16.0 Å². The fourth-order valence-corrected chi connectivity index (χ4v) is 1.36. The zero-order valence-corrected chi connectivity index (χ0v) is 9.02. The minimum atomic E-state index is -0.719. The first-order chi connectivity index (χ1) is 8.11. The Morgan fingerprint density at radius 2 is 2.24 bits per heavy atom. The molecular weight excluding hydrogens is 253 g/mol. The van der Waals surface area contributed by atoms with Crippen LogP contribution in [0, 0.1) is 15.9 Å². The zero-order chi connectivity index (χ0) is 12.4. The molecule has 0 N–H and O–H groups in total. The van der Waals surface area contributed by atoms with Crippen LogP contribution in [0.4, 0.5) is 10.1 Å². The van der Waals surface area contributed by atoms with Crippen LogP contribution < -0.4 is 0 Å². The van der Waals surface area contributed by atoms with E-state index in [1.807, 2.05) is 0 Å². The number of aromatic nitrogens is 2. The van der Waals surface area contributed by atoms with Crippen molar-refractivity contribution in [3.8, 4) is 11.5 Å². The monoisotopic (exact) mass is 257 g/mol. The number of nitro groups is 1. The summed E-state index contributed by atoms with van der Waals surface area (Å²) in [5.74, 6) is -0.632. The van der Waals surface area contributed by atoms with E-state index in [1.165, 1.54) is 6.07 Å². The predicted molar refractivity (Wildman–Crippen MR) is 55.9 cm³/mol. The van der Waals surface area contributed by atoms with Gasteiger partial charge in [0.25, 0.3) is 11.6 Å². The van der Waals surface area contributed by atoms with Gasteiger partial charge in [0.15, 0.2) is 0 Å². The van der Waals surface area contributed by atoms with E-state index in [1.54, 1.807) is 0 Å². The van der Waals surface area contributed by atoms with Gasteiger partial charge in [0, 0.05) is 0 Å². The number of rotatable bonds is 3. The number of benzene rings is 1. The lowest BCUT2D eigenvalue weighted by molar-refractivity contribution is -0.384. The quantitative estimate of drug-likeness (QED) is 0.479. The van der Waals surface area contributed by atoms with Crippen molar-refractivity contribution in [1.82, 2.24) is 10.2 Å². The smallest absolute Gasteiger partial charge is 0.285 e. The molecule has 8 heteroatoms. The molecule has 0 amide bonds. The van der Waals surface area contributed by atoms with Gasteiger partial charge < -0.3 is 4.42 Å². The van der Waals surface area contributed by atoms with Gasteiger partial charge in [0.05, 0.1) is 11.0 Å². The first kappa shape index (κ1) is 11.5. The first-order valence-electron chi connectivity index (χ1n) is 4.44. The number of nitro benzene ring substituents is 1. The van der Waals surface area contributed by atoms with Crippen molar-refractivity contribution >= 4 is 17.3 Å². The van der Waals surface area contributed by atoms with Gasteiger partial charge in [-0.1, -0.05) is 0 Å². The standard InChI is InChI=1S/C9H5ClFN3O3/c10-4-8-12-13-9(17-8)6-2-1-5(11)3-7(6)14(15)16/h1-3H,4H2. The number of halogens is 2. The fourth-order valence-electron chi connectivity index (χ4n) is 1.25. The minimum absolute atomic E-state index is 0.00198. The van der Waals surface area contributed by atoms with Gasteiger partial charge in [-0.2, -0.15) is 0 Å². The molecule has 1 heterocycles. The highest BCUT2D eigenvalue weighted by atomic mass is 35.5. The molecule has 0 saturated heterocycles. The van der Waals surface area contributed by atoms with Crippen LogP contribution in [0.5, 0.6) is 0 Å². The molecule has 2 rings (SSSR count). The molecular formula is C9H5ClFN3O3. The molecule has 1 aromatic heterocycles. The highest BCUT2D eigenvalue weighted by molar-refractivity contribution is 6.16. The third-order valence-electron chi connectivity index (χ3n) is 1.97. The number of alkyl halides is 1.